The van der Waals surface area contributed by atoms with Crippen molar-refractivity contribution in [3.05, 3.63) is 53.3 Å². The first kappa shape index (κ1) is 14.3. The molecule has 0 unspecified atom stereocenters. The number of ether oxygens (including phenoxy) is 3. The number of rotatable bonds is 3. The molecule has 0 amide bonds. The highest BCUT2D eigenvalue weighted by Crippen LogP contribution is 2.33. The third-order valence-corrected chi connectivity index (χ3v) is 3.77. The molecule has 0 radical (unpaired) electrons. The molecule has 0 saturated heterocycles. The summed E-state index contributed by atoms with van der Waals surface area (Å²) < 4.78 is 15.4. The van der Waals surface area contributed by atoms with Crippen molar-refractivity contribution >= 4 is 29.2 Å². The number of hydrogen-bond donors (Lipinski definition) is 1. The van der Waals surface area contributed by atoms with Crippen LogP contribution in [0.4, 0.5) is 0 Å². The molecule has 0 saturated carbocycles. The zero-order valence-corrected chi connectivity index (χ0v) is 12.9. The molecule has 2 heterocycles. The lowest BCUT2D eigenvalue weighted by Crippen LogP contribution is -2.01. The van der Waals surface area contributed by atoms with Crippen LogP contribution in [-0.4, -0.2) is 29.8 Å². The van der Waals surface area contributed by atoms with E-state index in [4.69, 9.17) is 14.2 Å². The number of methoxy groups -OCH3 is 1. The van der Waals surface area contributed by atoms with Crippen LogP contribution < -0.4 is 9.47 Å². The van der Waals surface area contributed by atoms with E-state index in [1.54, 1.807) is 12.1 Å². The fourth-order valence-corrected chi connectivity index (χ4v) is 2.60. The molecule has 1 aliphatic heterocycles. The minimum Gasteiger partial charge on any atom is -0.465 e. The number of carbonyl (C=O) groups excluding carboxylic acids is 1. The average Bonchev–Trinajstić information content (AvgIpc) is 3.24. The fourth-order valence-electron chi connectivity index (χ4n) is 2.60. The van der Waals surface area contributed by atoms with Gasteiger partial charge in [-0.3, -0.25) is 0 Å². The molecule has 0 atom stereocenters. The number of H-pyrrole nitrogens is 1. The summed E-state index contributed by atoms with van der Waals surface area (Å²) >= 11 is 0. The Labute approximate surface area is 137 Å². The van der Waals surface area contributed by atoms with E-state index in [2.05, 4.69) is 9.97 Å². The van der Waals surface area contributed by atoms with Crippen molar-refractivity contribution in [2.45, 2.75) is 0 Å². The Balaban J connectivity index is 1.66. The molecule has 1 aromatic heterocycles. The lowest BCUT2D eigenvalue weighted by Gasteiger charge is -1.98. The number of aromatic amines is 1. The monoisotopic (exact) mass is 322 g/mol. The summed E-state index contributed by atoms with van der Waals surface area (Å²) in [5.74, 6) is 1.73. The summed E-state index contributed by atoms with van der Waals surface area (Å²) in [4.78, 5) is 19.5. The van der Waals surface area contributed by atoms with Crippen LogP contribution in [0.5, 0.6) is 11.5 Å². The van der Waals surface area contributed by atoms with Crippen molar-refractivity contribution in [3.8, 4) is 11.5 Å². The number of carbonyl (C=O) groups is 1. The van der Waals surface area contributed by atoms with E-state index in [9.17, 15) is 4.79 Å². The number of esters is 1. The van der Waals surface area contributed by atoms with Gasteiger partial charge in [-0.25, -0.2) is 9.78 Å². The number of hydrogen-bond acceptors (Lipinski definition) is 5. The molecule has 3 aromatic rings. The third-order valence-electron chi connectivity index (χ3n) is 3.77. The largest absolute Gasteiger partial charge is 0.465 e. The normalized spacial score (nSPS) is 12.9. The molecule has 0 fully saturated rings. The van der Waals surface area contributed by atoms with Gasteiger partial charge in [-0.2, -0.15) is 0 Å². The van der Waals surface area contributed by atoms with E-state index >= 15 is 0 Å². The van der Waals surface area contributed by atoms with E-state index in [0.717, 1.165) is 22.6 Å². The Hall–Kier alpha value is -3.28. The number of fused-ring (bicyclic) bond motifs is 2. The first-order chi connectivity index (χ1) is 11.7. The van der Waals surface area contributed by atoms with Crippen molar-refractivity contribution in [3.63, 3.8) is 0 Å². The quantitative estimate of drug-likeness (QED) is 0.749. The minimum atomic E-state index is -0.404. The average molecular weight is 322 g/mol. The molecule has 6 nitrogen and oxygen atoms in total. The molecular formula is C18H14N2O4. The summed E-state index contributed by atoms with van der Waals surface area (Å²) in [6, 6.07) is 11.1. The van der Waals surface area contributed by atoms with Crippen LogP contribution in [0.25, 0.3) is 23.2 Å². The highest BCUT2D eigenvalue weighted by Gasteiger charge is 2.14. The molecule has 1 aliphatic rings. The molecule has 0 spiro atoms. The third kappa shape index (κ3) is 2.48. The molecule has 6 heteroatoms. The molecular weight excluding hydrogens is 308 g/mol. The Kier molecular flexibility index (Phi) is 3.42. The van der Waals surface area contributed by atoms with Crippen LogP contribution in [0.15, 0.2) is 36.4 Å². The van der Waals surface area contributed by atoms with Crippen LogP contribution in [-0.2, 0) is 4.74 Å². The van der Waals surface area contributed by atoms with Gasteiger partial charge < -0.3 is 19.2 Å². The van der Waals surface area contributed by atoms with Gasteiger partial charge in [0.1, 0.15) is 11.3 Å². The fraction of sp³-hybridized carbons (Fsp3) is 0.111. The maximum atomic E-state index is 11.8. The van der Waals surface area contributed by atoms with Crippen LogP contribution in [0, 0.1) is 0 Å². The maximum Gasteiger partial charge on any atom is 0.340 e. The molecule has 0 bridgehead atoms. The summed E-state index contributed by atoms with van der Waals surface area (Å²) in [6.07, 6.45) is 3.76. The Morgan fingerprint density at radius 2 is 2.08 bits per heavy atom. The van der Waals surface area contributed by atoms with Crippen LogP contribution >= 0.6 is 0 Å². The van der Waals surface area contributed by atoms with Crippen molar-refractivity contribution < 1.29 is 19.0 Å². The van der Waals surface area contributed by atoms with Crippen molar-refractivity contribution in [2.75, 3.05) is 13.9 Å². The topological polar surface area (TPSA) is 73.4 Å². The van der Waals surface area contributed by atoms with E-state index in [1.807, 2.05) is 36.4 Å². The first-order valence-electron chi connectivity index (χ1n) is 7.39. The van der Waals surface area contributed by atoms with Crippen molar-refractivity contribution in [1.82, 2.24) is 9.97 Å². The summed E-state index contributed by atoms with van der Waals surface area (Å²) in [5, 5.41) is 0. The summed E-state index contributed by atoms with van der Waals surface area (Å²) in [7, 11) is 1.36. The number of nitrogens with zero attached hydrogens (tertiary/aromatic N) is 1. The second kappa shape index (κ2) is 5.73. The lowest BCUT2D eigenvalue weighted by molar-refractivity contribution is 0.0603. The minimum absolute atomic E-state index is 0.252. The highest BCUT2D eigenvalue weighted by atomic mass is 16.7. The smallest absolute Gasteiger partial charge is 0.340 e. The van der Waals surface area contributed by atoms with E-state index in [0.29, 0.717) is 16.9 Å². The standard InChI is InChI=1S/C18H14N2O4/c1-22-18(21)12-3-2-4-13-17(12)20-16(19-13)8-6-11-5-7-14-15(9-11)24-10-23-14/h2-9H,10H2,1H3,(H,19,20)/b8-6+. The lowest BCUT2D eigenvalue weighted by atomic mass is 10.2. The van der Waals surface area contributed by atoms with Crippen LogP contribution in [0.3, 0.4) is 0 Å². The predicted octanol–water partition coefficient (Wildman–Crippen LogP) is 3.25. The van der Waals surface area contributed by atoms with Gasteiger partial charge in [0, 0.05) is 0 Å². The van der Waals surface area contributed by atoms with E-state index in [-0.39, 0.29) is 6.79 Å². The van der Waals surface area contributed by atoms with Crippen molar-refractivity contribution in [2.24, 2.45) is 0 Å². The Bertz CT molecular complexity index is 959. The van der Waals surface area contributed by atoms with Gasteiger partial charge in [0.05, 0.1) is 18.2 Å². The van der Waals surface area contributed by atoms with Gasteiger partial charge >= 0.3 is 5.97 Å². The van der Waals surface area contributed by atoms with Crippen LogP contribution in [0.1, 0.15) is 21.7 Å². The summed E-state index contributed by atoms with van der Waals surface area (Å²) in [6.45, 7) is 0.252. The molecule has 2 aromatic carbocycles. The molecule has 24 heavy (non-hydrogen) atoms. The second-order valence-electron chi connectivity index (χ2n) is 5.26. The van der Waals surface area contributed by atoms with Crippen LogP contribution in [0.2, 0.25) is 0 Å². The molecule has 120 valence electrons. The van der Waals surface area contributed by atoms with Gasteiger partial charge in [0.2, 0.25) is 6.79 Å². The number of imidazole rings is 1. The Morgan fingerprint density at radius 1 is 1.21 bits per heavy atom. The number of benzene rings is 2. The maximum absolute atomic E-state index is 11.8. The highest BCUT2D eigenvalue weighted by molar-refractivity contribution is 6.02. The van der Waals surface area contributed by atoms with E-state index in [1.165, 1.54) is 7.11 Å². The second-order valence-corrected chi connectivity index (χ2v) is 5.26. The van der Waals surface area contributed by atoms with Gasteiger partial charge in [0.25, 0.3) is 0 Å². The predicted molar refractivity (Wildman–Crippen MR) is 88.9 cm³/mol. The van der Waals surface area contributed by atoms with Crippen molar-refractivity contribution in [1.29, 1.82) is 0 Å². The molecule has 0 aliphatic carbocycles. The SMILES string of the molecule is COC(=O)c1cccc2[nH]c(/C=C/c3ccc4c(c3)OCO4)nc12. The van der Waals surface area contributed by atoms with Gasteiger partial charge in [-0.15, -0.1) is 0 Å². The van der Waals surface area contributed by atoms with Gasteiger partial charge in [0.15, 0.2) is 11.5 Å². The molecule has 1 N–H and O–H groups in total. The number of para-hydroxylation sites is 1. The zero-order valence-electron chi connectivity index (χ0n) is 12.9. The zero-order chi connectivity index (χ0) is 16.5. The first-order valence-corrected chi connectivity index (χ1v) is 7.39. The number of aromatic nitrogens is 2. The van der Waals surface area contributed by atoms with Gasteiger partial charge in [-0.1, -0.05) is 18.2 Å². The number of nitrogens with one attached hydrogen (secondary N) is 1. The molecule has 4 rings (SSSR count). The van der Waals surface area contributed by atoms with Gasteiger partial charge in [-0.05, 0) is 35.9 Å². The Morgan fingerprint density at radius 3 is 2.96 bits per heavy atom. The van der Waals surface area contributed by atoms with E-state index < -0.39 is 5.97 Å². The summed E-state index contributed by atoms with van der Waals surface area (Å²) in [5.41, 5.74) is 2.78.